The lowest BCUT2D eigenvalue weighted by Gasteiger charge is -2.20. The standard InChI is InChI=1S/C10H18N4OS/c1-13(10(16)11-4-5-15-3)7-9-6-12-14(2)8-9/h6,8H,4-5,7H2,1-3H3,(H,11,16). The Morgan fingerprint density at radius 2 is 2.44 bits per heavy atom. The molecule has 1 heterocycles. The summed E-state index contributed by atoms with van der Waals surface area (Å²) in [5.74, 6) is 0. The summed E-state index contributed by atoms with van der Waals surface area (Å²) in [6.45, 7) is 2.14. The van der Waals surface area contributed by atoms with Crippen molar-refractivity contribution >= 4 is 17.3 Å². The van der Waals surface area contributed by atoms with Gasteiger partial charge in [0.05, 0.1) is 12.8 Å². The SMILES string of the molecule is COCCNC(=S)N(C)Cc1cnn(C)c1. The van der Waals surface area contributed by atoms with Crippen molar-refractivity contribution in [3.63, 3.8) is 0 Å². The Balaban J connectivity index is 2.34. The molecule has 0 atom stereocenters. The minimum Gasteiger partial charge on any atom is -0.383 e. The van der Waals surface area contributed by atoms with Crippen molar-refractivity contribution in [2.45, 2.75) is 6.54 Å². The average Bonchev–Trinajstić information content (AvgIpc) is 2.64. The normalized spacial score (nSPS) is 10.2. The highest BCUT2D eigenvalue weighted by Crippen LogP contribution is 2.01. The maximum absolute atomic E-state index is 5.23. The van der Waals surface area contributed by atoms with E-state index in [2.05, 4.69) is 10.4 Å². The van der Waals surface area contributed by atoms with Gasteiger partial charge in [-0.15, -0.1) is 0 Å². The molecule has 0 unspecified atom stereocenters. The highest BCUT2D eigenvalue weighted by molar-refractivity contribution is 7.80. The zero-order valence-corrected chi connectivity index (χ0v) is 10.8. The number of ether oxygens (including phenoxy) is 1. The van der Waals surface area contributed by atoms with Gasteiger partial charge in [0.1, 0.15) is 0 Å². The van der Waals surface area contributed by atoms with E-state index in [1.165, 1.54) is 0 Å². The van der Waals surface area contributed by atoms with E-state index < -0.39 is 0 Å². The second-order valence-corrected chi connectivity index (χ2v) is 3.99. The molecule has 0 aliphatic rings. The summed E-state index contributed by atoms with van der Waals surface area (Å²) in [6, 6.07) is 0. The number of rotatable bonds is 5. The Kier molecular flexibility index (Phi) is 5.21. The molecule has 0 aliphatic heterocycles. The van der Waals surface area contributed by atoms with E-state index in [1.54, 1.807) is 11.8 Å². The van der Waals surface area contributed by atoms with Gasteiger partial charge in [0, 0.05) is 46.1 Å². The molecule has 0 aliphatic carbocycles. The smallest absolute Gasteiger partial charge is 0.169 e. The highest BCUT2D eigenvalue weighted by Gasteiger charge is 2.05. The van der Waals surface area contributed by atoms with Crippen molar-refractivity contribution in [1.29, 1.82) is 0 Å². The number of nitrogens with zero attached hydrogens (tertiary/aromatic N) is 3. The molecule has 5 nitrogen and oxygen atoms in total. The third-order valence-corrected chi connectivity index (χ3v) is 2.56. The van der Waals surface area contributed by atoms with Crippen LogP contribution in [0.2, 0.25) is 0 Å². The van der Waals surface area contributed by atoms with Crippen LogP contribution in [0.5, 0.6) is 0 Å². The maximum Gasteiger partial charge on any atom is 0.169 e. The zero-order chi connectivity index (χ0) is 12.0. The summed E-state index contributed by atoms with van der Waals surface area (Å²) in [5, 5.41) is 7.95. The second-order valence-electron chi connectivity index (χ2n) is 3.60. The molecule has 0 radical (unpaired) electrons. The van der Waals surface area contributed by atoms with Crippen LogP contribution in [-0.2, 0) is 18.3 Å². The van der Waals surface area contributed by atoms with Gasteiger partial charge in [0.15, 0.2) is 5.11 Å². The van der Waals surface area contributed by atoms with E-state index in [1.807, 2.05) is 31.4 Å². The Bertz CT molecular complexity index is 339. The van der Waals surface area contributed by atoms with E-state index >= 15 is 0 Å². The number of hydrogen-bond acceptors (Lipinski definition) is 3. The number of hydrogen-bond donors (Lipinski definition) is 1. The fourth-order valence-corrected chi connectivity index (χ4v) is 1.46. The van der Waals surface area contributed by atoms with Crippen molar-refractivity contribution < 1.29 is 4.74 Å². The fraction of sp³-hybridized carbons (Fsp3) is 0.600. The molecule has 1 N–H and O–H groups in total. The molecule has 0 amide bonds. The van der Waals surface area contributed by atoms with Crippen LogP contribution in [0.4, 0.5) is 0 Å². The molecule has 90 valence electrons. The second kappa shape index (κ2) is 6.44. The Labute approximate surface area is 101 Å². The van der Waals surface area contributed by atoms with Crippen LogP contribution in [0.25, 0.3) is 0 Å². The van der Waals surface area contributed by atoms with Gasteiger partial charge in [-0.05, 0) is 12.2 Å². The van der Waals surface area contributed by atoms with Gasteiger partial charge in [-0.25, -0.2) is 0 Å². The van der Waals surface area contributed by atoms with Gasteiger partial charge < -0.3 is 15.0 Å². The van der Waals surface area contributed by atoms with Gasteiger partial charge in [0.2, 0.25) is 0 Å². The molecule has 0 aromatic carbocycles. The highest BCUT2D eigenvalue weighted by atomic mass is 32.1. The van der Waals surface area contributed by atoms with Crippen molar-refractivity contribution in [3.05, 3.63) is 18.0 Å². The summed E-state index contributed by atoms with van der Waals surface area (Å²) in [7, 11) is 5.53. The largest absolute Gasteiger partial charge is 0.383 e. The van der Waals surface area contributed by atoms with E-state index in [-0.39, 0.29) is 0 Å². The van der Waals surface area contributed by atoms with Gasteiger partial charge >= 0.3 is 0 Å². The zero-order valence-electron chi connectivity index (χ0n) is 9.93. The number of aryl methyl sites for hydroxylation is 1. The van der Waals surface area contributed by atoms with Gasteiger partial charge in [-0.1, -0.05) is 0 Å². The lowest BCUT2D eigenvalue weighted by Crippen LogP contribution is -2.38. The number of thiocarbonyl (C=S) groups is 1. The molecular formula is C10H18N4OS. The average molecular weight is 242 g/mol. The van der Waals surface area contributed by atoms with E-state index in [9.17, 15) is 0 Å². The molecule has 0 saturated carbocycles. The first-order chi connectivity index (χ1) is 7.63. The molecule has 1 aromatic heterocycles. The molecule has 16 heavy (non-hydrogen) atoms. The monoisotopic (exact) mass is 242 g/mol. The Hall–Kier alpha value is -1.14. The quantitative estimate of drug-likeness (QED) is 0.597. The molecule has 0 bridgehead atoms. The number of aromatic nitrogens is 2. The predicted octanol–water partition coefficient (Wildman–Crippen LogP) is 0.373. The molecule has 1 aromatic rings. The molecule has 0 spiro atoms. The summed E-state index contributed by atoms with van der Waals surface area (Å²) in [5.41, 5.74) is 1.14. The van der Waals surface area contributed by atoms with Crippen molar-refractivity contribution in [1.82, 2.24) is 20.0 Å². The van der Waals surface area contributed by atoms with E-state index in [0.717, 1.165) is 23.8 Å². The Morgan fingerprint density at radius 1 is 1.69 bits per heavy atom. The molecule has 1 rings (SSSR count). The first kappa shape index (κ1) is 12.9. The van der Waals surface area contributed by atoms with Crippen LogP contribution in [0, 0.1) is 0 Å². The fourth-order valence-electron chi connectivity index (χ4n) is 1.29. The van der Waals surface area contributed by atoms with E-state index in [4.69, 9.17) is 17.0 Å². The molecule has 0 fully saturated rings. The van der Waals surface area contributed by atoms with Crippen LogP contribution in [0.15, 0.2) is 12.4 Å². The first-order valence-electron chi connectivity index (χ1n) is 5.09. The van der Waals surface area contributed by atoms with Gasteiger partial charge in [-0.2, -0.15) is 5.10 Å². The predicted molar refractivity (Wildman–Crippen MR) is 67.2 cm³/mol. The maximum atomic E-state index is 5.23. The van der Waals surface area contributed by atoms with Gasteiger partial charge in [0.25, 0.3) is 0 Å². The summed E-state index contributed by atoms with van der Waals surface area (Å²) < 4.78 is 6.72. The van der Waals surface area contributed by atoms with Crippen molar-refractivity contribution in [3.8, 4) is 0 Å². The van der Waals surface area contributed by atoms with Crippen LogP contribution in [0.3, 0.4) is 0 Å². The summed E-state index contributed by atoms with van der Waals surface area (Å²) >= 11 is 5.23. The minimum atomic E-state index is 0.654. The molecule has 6 heteroatoms. The van der Waals surface area contributed by atoms with Gasteiger partial charge in [-0.3, -0.25) is 4.68 Å². The number of methoxy groups -OCH3 is 1. The third-order valence-electron chi connectivity index (χ3n) is 2.11. The summed E-state index contributed by atoms with van der Waals surface area (Å²) in [6.07, 6.45) is 3.82. The van der Waals surface area contributed by atoms with Crippen molar-refractivity contribution in [2.24, 2.45) is 7.05 Å². The molecule has 0 saturated heterocycles. The lowest BCUT2D eigenvalue weighted by atomic mass is 10.3. The van der Waals surface area contributed by atoms with Crippen molar-refractivity contribution in [2.75, 3.05) is 27.3 Å². The summed E-state index contributed by atoms with van der Waals surface area (Å²) in [4.78, 5) is 1.97. The van der Waals surface area contributed by atoms with Crippen LogP contribution in [-0.4, -0.2) is 47.1 Å². The van der Waals surface area contributed by atoms with Crippen LogP contribution < -0.4 is 5.32 Å². The van der Waals surface area contributed by atoms with Crippen LogP contribution >= 0.6 is 12.2 Å². The van der Waals surface area contributed by atoms with Crippen LogP contribution in [0.1, 0.15) is 5.56 Å². The topological polar surface area (TPSA) is 42.3 Å². The molecular weight excluding hydrogens is 224 g/mol. The first-order valence-corrected chi connectivity index (χ1v) is 5.49. The number of nitrogens with one attached hydrogen (secondary N) is 1. The van der Waals surface area contributed by atoms with E-state index in [0.29, 0.717) is 6.61 Å². The lowest BCUT2D eigenvalue weighted by molar-refractivity contribution is 0.203. The third kappa shape index (κ3) is 4.16. The Morgan fingerprint density at radius 3 is 3.00 bits per heavy atom. The minimum absolute atomic E-state index is 0.654.